The average molecular weight is 329 g/mol. The first-order valence-electron chi connectivity index (χ1n) is 6.87. The zero-order valence-electron chi connectivity index (χ0n) is 12.8. The van der Waals surface area contributed by atoms with E-state index in [-0.39, 0.29) is 34.0 Å². The molecule has 0 saturated heterocycles. The maximum atomic E-state index is 13.8. The third-order valence-electron chi connectivity index (χ3n) is 4.09. The Balaban J connectivity index is 2.46. The highest BCUT2D eigenvalue weighted by atomic mass is 19.1. The molecule has 0 radical (unpaired) electrons. The second-order valence-electron chi connectivity index (χ2n) is 5.27. The smallest absolute Gasteiger partial charge is 0.339 e. The van der Waals surface area contributed by atoms with Crippen molar-refractivity contribution in [2.24, 2.45) is 5.73 Å². The Labute approximate surface area is 136 Å². The predicted octanol–water partition coefficient (Wildman–Crippen LogP) is 1.19. The fourth-order valence-corrected chi connectivity index (χ4v) is 3.15. The van der Waals surface area contributed by atoms with E-state index in [1.165, 1.54) is 13.0 Å². The van der Waals surface area contributed by atoms with Crippen LogP contribution in [0.3, 0.4) is 0 Å². The lowest BCUT2D eigenvalue weighted by Gasteiger charge is -2.33. The molecule has 7 nitrogen and oxygen atoms in total. The largest absolute Gasteiger partial charge is 0.466 e. The van der Waals surface area contributed by atoms with Crippen molar-refractivity contribution < 1.29 is 23.5 Å². The number of halogens is 1. The molecule has 1 spiro atoms. The number of esters is 1. The van der Waals surface area contributed by atoms with Gasteiger partial charge in [0, 0.05) is 11.3 Å². The van der Waals surface area contributed by atoms with Gasteiger partial charge in [0.2, 0.25) is 11.8 Å². The topological polar surface area (TPSA) is 114 Å². The number of nitrogens with two attached hydrogens (primary N) is 1. The first-order chi connectivity index (χ1) is 11.4. The van der Waals surface area contributed by atoms with Crippen molar-refractivity contribution in [3.05, 3.63) is 52.4 Å². The van der Waals surface area contributed by atoms with Gasteiger partial charge in [-0.2, -0.15) is 5.26 Å². The van der Waals surface area contributed by atoms with E-state index in [4.69, 9.17) is 15.2 Å². The first kappa shape index (κ1) is 15.6. The van der Waals surface area contributed by atoms with Crippen molar-refractivity contribution in [2.75, 3.05) is 12.4 Å². The van der Waals surface area contributed by atoms with Gasteiger partial charge in [0.1, 0.15) is 28.8 Å². The van der Waals surface area contributed by atoms with Crippen LogP contribution in [-0.2, 0) is 24.5 Å². The van der Waals surface area contributed by atoms with E-state index in [0.717, 1.165) is 19.2 Å². The minimum atomic E-state index is -1.91. The highest BCUT2D eigenvalue weighted by Gasteiger charge is 2.59. The molecule has 2 aliphatic rings. The average Bonchev–Trinajstić information content (AvgIpc) is 2.80. The number of rotatable bonds is 1. The van der Waals surface area contributed by atoms with E-state index in [9.17, 15) is 19.2 Å². The summed E-state index contributed by atoms with van der Waals surface area (Å²) in [6, 6.07) is 5.40. The molecule has 1 aromatic carbocycles. The van der Waals surface area contributed by atoms with Crippen LogP contribution in [0.5, 0.6) is 0 Å². The Morgan fingerprint density at radius 1 is 1.50 bits per heavy atom. The van der Waals surface area contributed by atoms with E-state index in [0.29, 0.717) is 0 Å². The Hall–Kier alpha value is -3.34. The summed E-state index contributed by atoms with van der Waals surface area (Å²) in [6.07, 6.45) is 0. The van der Waals surface area contributed by atoms with Gasteiger partial charge >= 0.3 is 5.97 Å². The van der Waals surface area contributed by atoms with Gasteiger partial charge in [-0.15, -0.1) is 0 Å². The number of nitrogens with zero attached hydrogens (tertiary/aromatic N) is 1. The van der Waals surface area contributed by atoms with Gasteiger partial charge in [0.15, 0.2) is 5.41 Å². The van der Waals surface area contributed by atoms with Crippen LogP contribution in [0.2, 0.25) is 0 Å². The maximum absolute atomic E-state index is 13.8. The van der Waals surface area contributed by atoms with Gasteiger partial charge in [-0.05, 0) is 25.1 Å². The molecule has 0 aliphatic carbocycles. The molecule has 3 N–H and O–H groups in total. The lowest BCUT2D eigenvalue weighted by atomic mass is 9.68. The monoisotopic (exact) mass is 329 g/mol. The van der Waals surface area contributed by atoms with E-state index >= 15 is 0 Å². The van der Waals surface area contributed by atoms with Gasteiger partial charge in [0.05, 0.1) is 7.11 Å². The van der Waals surface area contributed by atoms with Crippen LogP contribution in [0.1, 0.15) is 12.5 Å². The highest BCUT2D eigenvalue weighted by molar-refractivity contribution is 6.17. The number of nitriles is 1. The quantitative estimate of drug-likeness (QED) is 0.748. The number of amides is 1. The molecule has 0 aromatic heterocycles. The Morgan fingerprint density at radius 2 is 2.21 bits per heavy atom. The number of fused-ring (bicyclic) bond motifs is 2. The summed E-state index contributed by atoms with van der Waals surface area (Å²) in [5, 5.41) is 12.1. The van der Waals surface area contributed by atoms with Crippen molar-refractivity contribution in [3.63, 3.8) is 0 Å². The van der Waals surface area contributed by atoms with E-state index < -0.39 is 23.1 Å². The molecule has 122 valence electrons. The lowest BCUT2D eigenvalue weighted by molar-refractivity contribution is -0.138. The Morgan fingerprint density at radius 3 is 2.83 bits per heavy atom. The van der Waals surface area contributed by atoms with Gasteiger partial charge in [-0.1, -0.05) is 0 Å². The van der Waals surface area contributed by atoms with Crippen LogP contribution >= 0.6 is 0 Å². The molecule has 0 unspecified atom stereocenters. The number of methoxy groups -OCH3 is 1. The summed E-state index contributed by atoms with van der Waals surface area (Å²) >= 11 is 0. The predicted molar refractivity (Wildman–Crippen MR) is 79.3 cm³/mol. The number of allylic oxidation sites excluding steroid dienone is 1. The van der Waals surface area contributed by atoms with E-state index in [1.807, 2.05) is 6.07 Å². The summed E-state index contributed by atoms with van der Waals surface area (Å²) in [6.45, 7) is 1.42. The number of carbonyl (C=O) groups excluding carboxylic acids is 2. The molecule has 24 heavy (non-hydrogen) atoms. The van der Waals surface area contributed by atoms with Crippen LogP contribution in [0.25, 0.3) is 0 Å². The summed E-state index contributed by atoms with van der Waals surface area (Å²) in [7, 11) is 1.13. The SMILES string of the molecule is COC(=O)C1=C(C)OC(N)=C(C#N)[C@@]12C(=O)Nc1ccc(F)cc12. The van der Waals surface area contributed by atoms with E-state index in [1.54, 1.807) is 0 Å². The first-order valence-corrected chi connectivity index (χ1v) is 6.87. The van der Waals surface area contributed by atoms with Crippen molar-refractivity contribution in [1.29, 1.82) is 5.26 Å². The second kappa shape index (κ2) is 5.09. The van der Waals surface area contributed by atoms with Crippen LogP contribution in [0, 0.1) is 17.1 Å². The fraction of sp³-hybridized carbons (Fsp3) is 0.188. The highest BCUT2D eigenvalue weighted by Crippen LogP contribution is 2.51. The van der Waals surface area contributed by atoms with Crippen molar-refractivity contribution in [2.45, 2.75) is 12.3 Å². The number of nitrogens with one attached hydrogen (secondary N) is 1. The molecule has 8 heteroatoms. The summed E-state index contributed by atoms with van der Waals surface area (Å²) < 4.78 is 23.8. The minimum absolute atomic E-state index is 0.00520. The maximum Gasteiger partial charge on any atom is 0.339 e. The van der Waals surface area contributed by atoms with Crippen molar-refractivity contribution >= 4 is 17.6 Å². The normalized spacial score (nSPS) is 22.0. The Kier molecular flexibility index (Phi) is 3.30. The molecule has 0 saturated carbocycles. The molecular weight excluding hydrogens is 317 g/mol. The molecule has 1 aromatic rings. The molecular formula is C16H12FN3O4. The fourth-order valence-electron chi connectivity index (χ4n) is 3.15. The van der Waals surface area contributed by atoms with Crippen molar-refractivity contribution in [1.82, 2.24) is 0 Å². The van der Waals surface area contributed by atoms with Gasteiger partial charge < -0.3 is 20.5 Å². The summed E-state index contributed by atoms with van der Waals surface area (Å²) in [5.41, 5.74) is 3.74. The van der Waals surface area contributed by atoms with Crippen LogP contribution < -0.4 is 11.1 Å². The molecule has 1 amide bonds. The summed E-state index contributed by atoms with van der Waals surface area (Å²) in [5.74, 6) is -2.53. The standard InChI is InChI=1S/C16H12FN3O4/c1-7-12(14(21)23-2)16(10(6-18)13(19)24-7)9-5-8(17)3-4-11(9)20-15(16)22/h3-5H,19H2,1-2H3,(H,20,22)/t16-/m1/s1. The Bertz CT molecular complexity index is 897. The zero-order valence-corrected chi connectivity index (χ0v) is 12.8. The number of ether oxygens (including phenoxy) is 2. The lowest BCUT2D eigenvalue weighted by Crippen LogP contribution is -2.45. The molecule has 0 fully saturated rings. The number of hydrogen-bond donors (Lipinski definition) is 2. The van der Waals surface area contributed by atoms with Gasteiger partial charge in [-0.3, -0.25) is 4.79 Å². The number of benzene rings is 1. The van der Waals surface area contributed by atoms with Gasteiger partial charge in [-0.25, -0.2) is 9.18 Å². The second-order valence-corrected chi connectivity index (χ2v) is 5.27. The number of carbonyl (C=O) groups is 2. The molecule has 1 atom stereocenters. The van der Waals surface area contributed by atoms with Gasteiger partial charge in [0.25, 0.3) is 0 Å². The van der Waals surface area contributed by atoms with E-state index in [2.05, 4.69) is 5.32 Å². The molecule has 3 rings (SSSR count). The molecule has 2 heterocycles. The third-order valence-corrected chi connectivity index (χ3v) is 4.09. The molecule has 0 bridgehead atoms. The van der Waals surface area contributed by atoms with Crippen LogP contribution in [0.15, 0.2) is 41.0 Å². The minimum Gasteiger partial charge on any atom is -0.466 e. The number of anilines is 1. The summed E-state index contributed by atoms with van der Waals surface area (Å²) in [4.78, 5) is 25.2. The number of hydrogen-bond acceptors (Lipinski definition) is 6. The zero-order chi connectivity index (χ0) is 17.6. The van der Waals surface area contributed by atoms with Crippen LogP contribution in [-0.4, -0.2) is 19.0 Å². The van der Waals surface area contributed by atoms with Crippen LogP contribution in [0.4, 0.5) is 10.1 Å². The third kappa shape index (κ3) is 1.75. The van der Waals surface area contributed by atoms with Crippen molar-refractivity contribution in [3.8, 4) is 6.07 Å². The molecule has 2 aliphatic heterocycles.